The number of hydrogen-bond acceptors (Lipinski definition) is 4. The van der Waals surface area contributed by atoms with Crippen molar-refractivity contribution in [2.24, 2.45) is 0 Å². The van der Waals surface area contributed by atoms with Crippen LogP contribution < -0.4 is 0 Å². The molecule has 0 rings (SSSR count). The van der Waals surface area contributed by atoms with Gasteiger partial charge in [0.2, 0.25) is 0 Å². The van der Waals surface area contributed by atoms with Gasteiger partial charge in [0.1, 0.15) is 0 Å². The van der Waals surface area contributed by atoms with Crippen molar-refractivity contribution in [3.63, 3.8) is 0 Å². The van der Waals surface area contributed by atoms with E-state index in [1.165, 1.54) is 14.0 Å². The lowest BCUT2D eigenvalue weighted by molar-refractivity contribution is -0.136. The number of carbonyl (C=O) groups is 2. The standard InChI is InChI=1S/C11H23O3Si2.C4H6O2/c1-10(11(12)13-2)8-7-9-16(5,6)14-15(3)4;1-3(2)4(5)6/h1,7-9H2,2-6H3;1H2,2H3,(H,5,6). The summed E-state index contributed by atoms with van der Waals surface area (Å²) in [5.41, 5.74) is 0.737. The van der Waals surface area contributed by atoms with E-state index in [0.29, 0.717) is 12.0 Å². The lowest BCUT2D eigenvalue weighted by atomic mass is 10.2. The molecule has 0 aliphatic heterocycles. The molecule has 0 aromatic rings. The van der Waals surface area contributed by atoms with E-state index in [0.717, 1.165) is 12.5 Å². The van der Waals surface area contributed by atoms with Crippen LogP contribution in [0.1, 0.15) is 19.8 Å². The highest BCUT2D eigenvalue weighted by molar-refractivity contribution is 6.77. The number of methoxy groups -OCH3 is 1. The van der Waals surface area contributed by atoms with Crippen molar-refractivity contribution in [1.82, 2.24) is 0 Å². The maximum atomic E-state index is 11.1. The van der Waals surface area contributed by atoms with Gasteiger partial charge in [0.15, 0.2) is 17.4 Å². The first-order valence-electron chi connectivity index (χ1n) is 7.07. The molecule has 22 heavy (non-hydrogen) atoms. The minimum atomic E-state index is -1.53. The lowest BCUT2D eigenvalue weighted by Gasteiger charge is -2.25. The van der Waals surface area contributed by atoms with Crippen LogP contribution >= 0.6 is 0 Å². The third-order valence-corrected chi connectivity index (χ3v) is 7.98. The van der Waals surface area contributed by atoms with Gasteiger partial charge in [0, 0.05) is 11.1 Å². The zero-order valence-electron chi connectivity index (χ0n) is 14.6. The molecule has 0 unspecified atom stereocenters. The second-order valence-electron chi connectivity index (χ2n) is 5.80. The zero-order valence-corrected chi connectivity index (χ0v) is 16.6. The highest BCUT2D eigenvalue weighted by atomic mass is 28.4. The van der Waals surface area contributed by atoms with E-state index in [2.05, 4.69) is 44.1 Å². The molecule has 0 fully saturated rings. The molecule has 0 saturated heterocycles. The first kappa shape index (κ1) is 23.1. The van der Waals surface area contributed by atoms with Gasteiger partial charge in [-0.05, 0) is 52.0 Å². The Morgan fingerprint density at radius 2 is 1.68 bits per heavy atom. The number of carboxylic acids is 1. The molecule has 0 bridgehead atoms. The van der Waals surface area contributed by atoms with Crippen LogP contribution in [0.3, 0.4) is 0 Å². The summed E-state index contributed by atoms with van der Waals surface area (Å²) in [6, 6.07) is 1.07. The Bertz CT molecular complexity index is 391. The fraction of sp³-hybridized carbons (Fsp3) is 0.600. The van der Waals surface area contributed by atoms with Crippen LogP contribution in [-0.2, 0) is 18.4 Å². The summed E-state index contributed by atoms with van der Waals surface area (Å²) < 4.78 is 10.6. The number of esters is 1. The topological polar surface area (TPSA) is 72.8 Å². The summed E-state index contributed by atoms with van der Waals surface area (Å²) in [6.07, 6.45) is 1.67. The van der Waals surface area contributed by atoms with Crippen molar-refractivity contribution in [2.45, 2.75) is 52.0 Å². The molecule has 0 spiro atoms. The Labute approximate surface area is 136 Å². The fourth-order valence-corrected chi connectivity index (χ4v) is 7.43. The number of rotatable bonds is 8. The normalized spacial score (nSPS) is 10.5. The van der Waals surface area contributed by atoms with Crippen molar-refractivity contribution >= 4 is 29.3 Å². The van der Waals surface area contributed by atoms with E-state index in [-0.39, 0.29) is 11.5 Å². The first-order valence-corrected chi connectivity index (χ1v) is 12.6. The molecule has 0 aromatic carbocycles. The van der Waals surface area contributed by atoms with Gasteiger partial charge in [-0.25, -0.2) is 9.59 Å². The Hall–Kier alpha value is -1.19. The molecule has 1 N–H and O–H groups in total. The Morgan fingerprint density at radius 3 is 2.00 bits per heavy atom. The summed E-state index contributed by atoms with van der Waals surface area (Å²) in [4.78, 5) is 20.7. The number of aliphatic carboxylic acids is 1. The van der Waals surface area contributed by atoms with Gasteiger partial charge >= 0.3 is 11.9 Å². The highest BCUT2D eigenvalue weighted by Crippen LogP contribution is 2.18. The zero-order chi connectivity index (χ0) is 17.9. The monoisotopic (exact) mass is 345 g/mol. The van der Waals surface area contributed by atoms with Crippen molar-refractivity contribution in [3.8, 4) is 0 Å². The van der Waals surface area contributed by atoms with Crippen LogP contribution in [0.5, 0.6) is 0 Å². The van der Waals surface area contributed by atoms with Crippen LogP contribution in [0.25, 0.3) is 0 Å². The maximum Gasteiger partial charge on any atom is 0.333 e. The number of ether oxygens (including phenoxy) is 1. The van der Waals surface area contributed by atoms with Crippen LogP contribution in [0.2, 0.25) is 32.2 Å². The molecule has 0 aromatic heterocycles. The maximum absolute atomic E-state index is 11.1. The van der Waals surface area contributed by atoms with E-state index in [4.69, 9.17) is 9.22 Å². The predicted molar refractivity (Wildman–Crippen MR) is 93.7 cm³/mol. The van der Waals surface area contributed by atoms with Crippen molar-refractivity contribution < 1.29 is 23.5 Å². The van der Waals surface area contributed by atoms with Crippen LogP contribution in [0, 0.1) is 0 Å². The van der Waals surface area contributed by atoms with E-state index in [1.807, 2.05) is 0 Å². The fourth-order valence-electron chi connectivity index (χ4n) is 1.58. The molecule has 5 nitrogen and oxygen atoms in total. The number of carboxylic acid groups (broad SMARTS) is 1. The minimum Gasteiger partial charge on any atom is -0.478 e. The van der Waals surface area contributed by atoms with E-state index >= 15 is 0 Å². The average molecular weight is 346 g/mol. The Kier molecular flexibility index (Phi) is 12.0. The predicted octanol–water partition coefficient (Wildman–Crippen LogP) is 3.62. The van der Waals surface area contributed by atoms with Gasteiger partial charge in [-0.3, -0.25) is 0 Å². The smallest absolute Gasteiger partial charge is 0.333 e. The summed E-state index contributed by atoms with van der Waals surface area (Å²) >= 11 is 0. The molecule has 1 radical (unpaired) electrons. The van der Waals surface area contributed by atoms with Crippen molar-refractivity contribution in [3.05, 3.63) is 24.3 Å². The van der Waals surface area contributed by atoms with E-state index in [9.17, 15) is 9.59 Å². The van der Waals surface area contributed by atoms with Crippen molar-refractivity contribution in [2.75, 3.05) is 7.11 Å². The van der Waals surface area contributed by atoms with Crippen LogP contribution in [0.15, 0.2) is 24.3 Å². The van der Waals surface area contributed by atoms with Gasteiger partial charge in [0.25, 0.3) is 0 Å². The summed E-state index contributed by atoms with van der Waals surface area (Å²) in [6.45, 7) is 17.1. The van der Waals surface area contributed by atoms with E-state index < -0.39 is 23.3 Å². The first-order chi connectivity index (χ1) is 9.92. The summed E-state index contributed by atoms with van der Waals surface area (Å²) in [5.74, 6) is -1.23. The third kappa shape index (κ3) is 13.8. The van der Waals surface area contributed by atoms with Crippen LogP contribution in [0.4, 0.5) is 0 Å². The molecule has 0 aliphatic carbocycles. The molecule has 0 aliphatic rings. The lowest BCUT2D eigenvalue weighted by Crippen LogP contribution is -2.35. The summed E-state index contributed by atoms with van der Waals surface area (Å²) in [5, 5.41) is 7.89. The van der Waals surface area contributed by atoms with Gasteiger partial charge in [0.05, 0.1) is 7.11 Å². The molecular formula is C15H29O5Si2. The minimum absolute atomic E-state index is 0.176. The van der Waals surface area contributed by atoms with Gasteiger partial charge in [-0.2, -0.15) is 0 Å². The number of hydrogen-bond donors (Lipinski definition) is 1. The second-order valence-corrected chi connectivity index (χ2v) is 12.5. The van der Waals surface area contributed by atoms with Crippen LogP contribution in [-0.4, -0.2) is 41.5 Å². The van der Waals surface area contributed by atoms with E-state index in [1.54, 1.807) is 0 Å². The molecular weight excluding hydrogens is 316 g/mol. The molecule has 7 heteroatoms. The Morgan fingerprint density at radius 1 is 1.23 bits per heavy atom. The number of carbonyl (C=O) groups excluding carboxylic acids is 1. The second kappa shape index (κ2) is 11.4. The molecule has 0 heterocycles. The highest BCUT2D eigenvalue weighted by Gasteiger charge is 2.23. The Balaban J connectivity index is 0. The quantitative estimate of drug-likeness (QED) is 0.413. The molecule has 0 saturated carbocycles. The largest absolute Gasteiger partial charge is 0.478 e. The molecule has 0 amide bonds. The third-order valence-electron chi connectivity index (χ3n) is 2.58. The van der Waals surface area contributed by atoms with Gasteiger partial charge in [-0.15, -0.1) is 0 Å². The van der Waals surface area contributed by atoms with Gasteiger partial charge in [-0.1, -0.05) is 13.2 Å². The van der Waals surface area contributed by atoms with Gasteiger partial charge < -0.3 is 14.0 Å². The SMILES string of the molecule is C=C(C)C(=O)O.C=C(CCC[Si](C)(C)O[Si](C)C)C(=O)OC. The molecule has 127 valence electrons. The van der Waals surface area contributed by atoms with Crippen molar-refractivity contribution in [1.29, 1.82) is 0 Å². The summed E-state index contributed by atoms with van der Waals surface area (Å²) in [7, 11) is -0.754. The molecule has 0 atom stereocenters. The average Bonchev–Trinajstić information content (AvgIpc) is 2.36.